The SMILES string of the molecule is CCCCCCCC/C=C\CCCCCCCC(=O)C(C)(O)CCN. The number of ketones is 1. The predicted octanol–water partition coefficient (Wildman–Crippen LogP) is 5.69. The number of hydrogen-bond acceptors (Lipinski definition) is 3. The first-order chi connectivity index (χ1) is 12.0. The molecule has 1 unspecified atom stereocenters. The fourth-order valence-electron chi connectivity index (χ4n) is 3.05. The van der Waals surface area contributed by atoms with Gasteiger partial charge in [-0.15, -0.1) is 0 Å². The van der Waals surface area contributed by atoms with Crippen LogP contribution in [-0.4, -0.2) is 23.0 Å². The molecule has 0 fully saturated rings. The molecule has 0 saturated carbocycles. The summed E-state index contributed by atoms with van der Waals surface area (Å²) in [4.78, 5) is 11.9. The Morgan fingerprint density at radius 2 is 1.36 bits per heavy atom. The molecule has 0 rings (SSSR count). The monoisotopic (exact) mass is 353 g/mol. The Kier molecular flexibility index (Phi) is 16.3. The molecule has 0 aliphatic rings. The quantitative estimate of drug-likeness (QED) is 0.246. The van der Waals surface area contributed by atoms with Gasteiger partial charge in [0.2, 0.25) is 0 Å². The highest BCUT2D eigenvalue weighted by Crippen LogP contribution is 2.15. The van der Waals surface area contributed by atoms with Crippen molar-refractivity contribution in [2.24, 2.45) is 5.73 Å². The van der Waals surface area contributed by atoms with Crippen LogP contribution >= 0.6 is 0 Å². The van der Waals surface area contributed by atoms with Gasteiger partial charge in [-0.25, -0.2) is 0 Å². The zero-order valence-corrected chi connectivity index (χ0v) is 16.9. The lowest BCUT2D eigenvalue weighted by molar-refractivity contribution is -0.136. The van der Waals surface area contributed by atoms with Gasteiger partial charge in [-0.05, 0) is 52.0 Å². The molecule has 3 heteroatoms. The second-order valence-electron chi connectivity index (χ2n) is 7.57. The van der Waals surface area contributed by atoms with Gasteiger partial charge >= 0.3 is 0 Å². The molecule has 0 spiro atoms. The van der Waals surface area contributed by atoms with E-state index in [-0.39, 0.29) is 5.78 Å². The summed E-state index contributed by atoms with van der Waals surface area (Å²) in [5.74, 6) is -0.0597. The molecule has 0 amide bonds. The third kappa shape index (κ3) is 15.3. The van der Waals surface area contributed by atoms with E-state index in [0.29, 0.717) is 19.4 Å². The third-order valence-corrected chi connectivity index (χ3v) is 4.90. The molecule has 0 aromatic heterocycles. The summed E-state index contributed by atoms with van der Waals surface area (Å²) < 4.78 is 0. The molecular formula is C22H43NO2. The summed E-state index contributed by atoms with van der Waals surface area (Å²) in [6.45, 7) is 4.20. The molecule has 0 bridgehead atoms. The minimum atomic E-state index is -1.23. The lowest BCUT2D eigenvalue weighted by atomic mass is 9.93. The first kappa shape index (κ1) is 24.3. The van der Waals surface area contributed by atoms with Gasteiger partial charge in [-0.3, -0.25) is 4.79 Å². The summed E-state index contributed by atoms with van der Waals surface area (Å²) in [7, 11) is 0. The molecule has 0 aromatic carbocycles. The van der Waals surface area contributed by atoms with E-state index in [1.165, 1.54) is 70.6 Å². The van der Waals surface area contributed by atoms with Crippen molar-refractivity contribution in [1.82, 2.24) is 0 Å². The second-order valence-corrected chi connectivity index (χ2v) is 7.57. The first-order valence-electron chi connectivity index (χ1n) is 10.7. The van der Waals surface area contributed by atoms with Crippen molar-refractivity contribution in [1.29, 1.82) is 0 Å². The van der Waals surface area contributed by atoms with Crippen LogP contribution in [-0.2, 0) is 4.79 Å². The molecule has 0 aliphatic heterocycles. The molecule has 0 heterocycles. The Balaban J connectivity index is 3.36. The van der Waals surface area contributed by atoms with E-state index in [2.05, 4.69) is 19.1 Å². The summed E-state index contributed by atoms with van der Waals surface area (Å²) >= 11 is 0. The van der Waals surface area contributed by atoms with Crippen molar-refractivity contribution in [2.45, 2.75) is 116 Å². The minimum absolute atomic E-state index is 0.0597. The standard InChI is InChI=1S/C22H43NO2/c1-3-4-5-6-7-8-9-10-11-12-13-14-15-16-17-18-21(24)22(2,25)19-20-23/h10-11,25H,3-9,12-20,23H2,1-2H3/b11-10-. The molecule has 1 atom stereocenters. The number of carbonyl (C=O) groups is 1. The average Bonchev–Trinajstić information content (AvgIpc) is 2.58. The Labute approximate surface area is 156 Å². The van der Waals surface area contributed by atoms with Gasteiger partial charge in [0.1, 0.15) is 5.60 Å². The van der Waals surface area contributed by atoms with Gasteiger partial charge in [0.25, 0.3) is 0 Å². The van der Waals surface area contributed by atoms with Crippen molar-refractivity contribution in [2.75, 3.05) is 6.54 Å². The molecule has 0 aliphatic carbocycles. The number of unbranched alkanes of at least 4 members (excludes halogenated alkanes) is 11. The van der Waals surface area contributed by atoms with E-state index < -0.39 is 5.60 Å². The molecule has 25 heavy (non-hydrogen) atoms. The predicted molar refractivity (Wildman–Crippen MR) is 109 cm³/mol. The van der Waals surface area contributed by atoms with Crippen LogP contribution in [0.2, 0.25) is 0 Å². The van der Waals surface area contributed by atoms with Crippen LogP contribution in [0.5, 0.6) is 0 Å². The van der Waals surface area contributed by atoms with Gasteiger partial charge in [0.05, 0.1) is 0 Å². The zero-order valence-electron chi connectivity index (χ0n) is 16.9. The van der Waals surface area contributed by atoms with Crippen LogP contribution in [0, 0.1) is 0 Å². The molecule has 0 aromatic rings. The number of nitrogens with two attached hydrogens (primary N) is 1. The Hall–Kier alpha value is -0.670. The van der Waals surface area contributed by atoms with Gasteiger partial charge in [-0.1, -0.05) is 70.4 Å². The van der Waals surface area contributed by atoms with Gasteiger partial charge in [-0.2, -0.15) is 0 Å². The molecule has 3 nitrogen and oxygen atoms in total. The lowest BCUT2D eigenvalue weighted by Crippen LogP contribution is -2.37. The van der Waals surface area contributed by atoms with Crippen LogP contribution < -0.4 is 5.73 Å². The molecule has 0 saturated heterocycles. The summed E-state index contributed by atoms with van der Waals surface area (Å²) in [6.07, 6.45) is 21.8. The highest BCUT2D eigenvalue weighted by molar-refractivity contribution is 5.86. The second kappa shape index (κ2) is 16.8. The van der Waals surface area contributed by atoms with Gasteiger partial charge in [0, 0.05) is 6.42 Å². The van der Waals surface area contributed by atoms with E-state index in [0.717, 1.165) is 12.8 Å². The van der Waals surface area contributed by atoms with Crippen molar-refractivity contribution >= 4 is 5.78 Å². The minimum Gasteiger partial charge on any atom is -0.382 e. The fourth-order valence-corrected chi connectivity index (χ4v) is 3.05. The number of aliphatic hydroxyl groups is 1. The smallest absolute Gasteiger partial charge is 0.164 e. The van der Waals surface area contributed by atoms with Crippen LogP contribution in [0.1, 0.15) is 110 Å². The maximum atomic E-state index is 11.9. The number of hydrogen-bond donors (Lipinski definition) is 2. The first-order valence-corrected chi connectivity index (χ1v) is 10.7. The van der Waals surface area contributed by atoms with E-state index in [1.54, 1.807) is 6.92 Å². The van der Waals surface area contributed by atoms with Crippen LogP contribution in [0.3, 0.4) is 0 Å². The Morgan fingerprint density at radius 1 is 0.880 bits per heavy atom. The molecule has 0 radical (unpaired) electrons. The molecule has 3 N–H and O–H groups in total. The maximum absolute atomic E-state index is 11.9. The van der Waals surface area contributed by atoms with Crippen molar-refractivity contribution in [3.63, 3.8) is 0 Å². The summed E-state index contributed by atoms with van der Waals surface area (Å²) in [5.41, 5.74) is 4.19. The highest BCUT2D eigenvalue weighted by Gasteiger charge is 2.27. The third-order valence-electron chi connectivity index (χ3n) is 4.90. The highest BCUT2D eigenvalue weighted by atomic mass is 16.3. The van der Waals surface area contributed by atoms with Crippen molar-refractivity contribution in [3.05, 3.63) is 12.2 Å². The van der Waals surface area contributed by atoms with E-state index in [4.69, 9.17) is 5.73 Å². The fraction of sp³-hybridized carbons (Fsp3) is 0.864. The number of carbonyl (C=O) groups excluding carboxylic acids is 1. The van der Waals surface area contributed by atoms with E-state index >= 15 is 0 Å². The maximum Gasteiger partial charge on any atom is 0.164 e. The van der Waals surface area contributed by atoms with Gasteiger partial charge < -0.3 is 10.8 Å². The van der Waals surface area contributed by atoms with Crippen LogP contribution in [0.4, 0.5) is 0 Å². The van der Waals surface area contributed by atoms with Gasteiger partial charge in [0.15, 0.2) is 5.78 Å². The summed E-state index contributed by atoms with van der Waals surface area (Å²) in [5, 5.41) is 9.96. The van der Waals surface area contributed by atoms with Crippen molar-refractivity contribution in [3.8, 4) is 0 Å². The number of Topliss-reactive ketones (excluding diaryl/α,β-unsaturated/α-hetero) is 1. The zero-order chi connectivity index (χ0) is 18.8. The summed E-state index contributed by atoms with van der Waals surface area (Å²) in [6, 6.07) is 0. The topological polar surface area (TPSA) is 63.3 Å². The lowest BCUT2D eigenvalue weighted by Gasteiger charge is -2.20. The number of rotatable bonds is 18. The number of allylic oxidation sites excluding steroid dienone is 2. The molecular weight excluding hydrogens is 310 g/mol. The Morgan fingerprint density at radius 3 is 1.88 bits per heavy atom. The molecule has 148 valence electrons. The van der Waals surface area contributed by atoms with Crippen LogP contribution in [0.25, 0.3) is 0 Å². The van der Waals surface area contributed by atoms with Crippen LogP contribution in [0.15, 0.2) is 12.2 Å². The van der Waals surface area contributed by atoms with E-state index in [9.17, 15) is 9.90 Å². The Bertz CT molecular complexity index is 337. The van der Waals surface area contributed by atoms with E-state index in [1.807, 2.05) is 0 Å². The largest absolute Gasteiger partial charge is 0.382 e. The average molecular weight is 354 g/mol. The van der Waals surface area contributed by atoms with Crippen molar-refractivity contribution < 1.29 is 9.90 Å². The normalized spacial score (nSPS) is 14.1.